The molecule has 2 heterocycles. The molecule has 13 heteroatoms. The molecular formula is C23H22ClN3O7S2. The van der Waals surface area contributed by atoms with Crippen LogP contribution in [0.1, 0.15) is 23.2 Å². The van der Waals surface area contributed by atoms with Gasteiger partial charge in [-0.2, -0.15) is 9.30 Å². The van der Waals surface area contributed by atoms with Gasteiger partial charge >= 0.3 is 11.9 Å². The van der Waals surface area contributed by atoms with Gasteiger partial charge in [-0.15, -0.1) is 0 Å². The Bertz CT molecular complexity index is 1510. The van der Waals surface area contributed by atoms with Crippen LogP contribution in [-0.4, -0.2) is 61.9 Å². The third kappa shape index (κ3) is 5.07. The van der Waals surface area contributed by atoms with Crippen LogP contribution in [0.15, 0.2) is 52.4 Å². The number of sulfonamides is 1. The molecule has 190 valence electrons. The first-order valence-corrected chi connectivity index (χ1v) is 13.4. The number of methoxy groups -OCH3 is 2. The number of ether oxygens (including phenoxy) is 2. The maximum absolute atomic E-state index is 13.3. The zero-order valence-corrected chi connectivity index (χ0v) is 21.7. The van der Waals surface area contributed by atoms with Gasteiger partial charge in [-0.05, 0) is 55.3 Å². The SMILES string of the molecule is COC(=O)Cn1c(=NC(=O)C2CCCN2S(=O)(=O)c2ccc(Cl)cc2)sc2cc(C(=O)OC)ccc21. The van der Waals surface area contributed by atoms with E-state index in [4.69, 9.17) is 21.1 Å². The molecule has 0 saturated carbocycles. The first-order chi connectivity index (χ1) is 17.1. The lowest BCUT2D eigenvalue weighted by molar-refractivity contribution is -0.141. The molecule has 1 amide bonds. The molecule has 1 saturated heterocycles. The average Bonchev–Trinajstić information content (AvgIpc) is 3.49. The standard InChI is InChI=1S/C23H22ClN3O7S2/c1-33-20(28)13-26-17-10-5-14(22(30)34-2)12-19(17)35-23(26)25-21(29)18-4-3-11-27(18)36(31,32)16-8-6-15(24)7-9-16/h5-10,12,18H,3-4,11,13H2,1-2H3. The molecule has 1 atom stereocenters. The fourth-order valence-electron chi connectivity index (χ4n) is 3.94. The van der Waals surface area contributed by atoms with Crippen LogP contribution in [0.2, 0.25) is 5.02 Å². The van der Waals surface area contributed by atoms with Gasteiger partial charge in [0.1, 0.15) is 12.6 Å². The molecule has 10 nitrogen and oxygen atoms in total. The number of hydrogen-bond donors (Lipinski definition) is 0. The Balaban J connectivity index is 1.75. The average molecular weight is 552 g/mol. The first kappa shape index (κ1) is 26.0. The highest BCUT2D eigenvalue weighted by molar-refractivity contribution is 7.89. The van der Waals surface area contributed by atoms with Crippen LogP contribution in [0.4, 0.5) is 0 Å². The fourth-order valence-corrected chi connectivity index (χ4v) is 6.79. The highest BCUT2D eigenvalue weighted by Crippen LogP contribution is 2.28. The van der Waals surface area contributed by atoms with Crippen LogP contribution >= 0.6 is 22.9 Å². The lowest BCUT2D eigenvalue weighted by atomic mass is 10.2. The van der Waals surface area contributed by atoms with Gasteiger partial charge in [0.25, 0.3) is 5.91 Å². The molecule has 0 radical (unpaired) electrons. The Morgan fingerprint density at radius 2 is 1.83 bits per heavy atom. The van der Waals surface area contributed by atoms with Gasteiger partial charge in [-0.1, -0.05) is 22.9 Å². The second-order valence-electron chi connectivity index (χ2n) is 7.90. The van der Waals surface area contributed by atoms with E-state index < -0.39 is 33.9 Å². The van der Waals surface area contributed by atoms with Gasteiger partial charge in [0.15, 0.2) is 4.80 Å². The van der Waals surface area contributed by atoms with Crippen molar-refractivity contribution in [2.24, 2.45) is 4.99 Å². The Morgan fingerprint density at radius 1 is 1.11 bits per heavy atom. The van der Waals surface area contributed by atoms with Crippen molar-refractivity contribution in [2.75, 3.05) is 20.8 Å². The van der Waals surface area contributed by atoms with Gasteiger partial charge in [-0.3, -0.25) is 9.59 Å². The third-order valence-corrected chi connectivity index (χ3v) is 8.95. The third-order valence-electron chi connectivity index (χ3n) is 5.73. The van der Waals surface area contributed by atoms with E-state index in [1.54, 1.807) is 12.1 Å². The lowest BCUT2D eigenvalue weighted by Crippen LogP contribution is -2.40. The maximum atomic E-state index is 13.3. The quantitative estimate of drug-likeness (QED) is 0.431. The maximum Gasteiger partial charge on any atom is 0.337 e. The molecule has 1 aromatic heterocycles. The van der Waals surface area contributed by atoms with Crippen molar-refractivity contribution >= 4 is 61.0 Å². The summed E-state index contributed by atoms with van der Waals surface area (Å²) in [6.07, 6.45) is 0.805. The summed E-state index contributed by atoms with van der Waals surface area (Å²) in [6.45, 7) is -0.0500. The van der Waals surface area contributed by atoms with Crippen molar-refractivity contribution in [3.8, 4) is 0 Å². The van der Waals surface area contributed by atoms with Crippen LogP contribution < -0.4 is 4.80 Å². The number of halogens is 1. The summed E-state index contributed by atoms with van der Waals surface area (Å²) in [6, 6.07) is 9.48. The monoisotopic (exact) mass is 551 g/mol. The lowest BCUT2D eigenvalue weighted by Gasteiger charge is -2.21. The smallest absolute Gasteiger partial charge is 0.337 e. The number of aromatic nitrogens is 1. The molecule has 0 aliphatic carbocycles. The van der Waals surface area contributed by atoms with Crippen LogP contribution in [-0.2, 0) is 35.6 Å². The van der Waals surface area contributed by atoms with Gasteiger partial charge < -0.3 is 14.0 Å². The van der Waals surface area contributed by atoms with Crippen molar-refractivity contribution in [3.63, 3.8) is 0 Å². The molecule has 4 rings (SSSR count). The first-order valence-electron chi connectivity index (χ1n) is 10.8. The van der Waals surface area contributed by atoms with Gasteiger partial charge in [0.05, 0.1) is 34.9 Å². The number of amides is 1. The normalized spacial score (nSPS) is 16.9. The molecule has 36 heavy (non-hydrogen) atoms. The summed E-state index contributed by atoms with van der Waals surface area (Å²) < 4.78 is 39.2. The molecule has 2 aromatic carbocycles. The minimum Gasteiger partial charge on any atom is -0.468 e. The van der Waals surface area contributed by atoms with E-state index in [-0.39, 0.29) is 22.8 Å². The Labute approximate surface area is 215 Å². The Kier molecular flexibility index (Phi) is 7.59. The largest absolute Gasteiger partial charge is 0.468 e. The zero-order valence-electron chi connectivity index (χ0n) is 19.3. The summed E-state index contributed by atoms with van der Waals surface area (Å²) in [5, 5.41) is 0.397. The van der Waals surface area contributed by atoms with Crippen LogP contribution in [0.5, 0.6) is 0 Å². The number of nitrogens with zero attached hydrogens (tertiary/aromatic N) is 3. The number of fused-ring (bicyclic) bond motifs is 1. The highest BCUT2D eigenvalue weighted by Gasteiger charge is 2.39. The van der Waals surface area contributed by atoms with Crippen molar-refractivity contribution in [3.05, 3.63) is 57.9 Å². The van der Waals surface area contributed by atoms with Gasteiger partial charge in [-0.25, -0.2) is 13.2 Å². The van der Waals surface area contributed by atoms with E-state index in [9.17, 15) is 22.8 Å². The van der Waals surface area contributed by atoms with Crippen LogP contribution in [0.25, 0.3) is 10.2 Å². The van der Waals surface area contributed by atoms with E-state index >= 15 is 0 Å². The molecule has 1 unspecified atom stereocenters. The van der Waals surface area contributed by atoms with Gasteiger partial charge in [0.2, 0.25) is 10.0 Å². The van der Waals surface area contributed by atoms with Crippen LogP contribution in [0.3, 0.4) is 0 Å². The Morgan fingerprint density at radius 3 is 2.50 bits per heavy atom. The van der Waals surface area contributed by atoms with E-state index in [2.05, 4.69) is 4.99 Å². The number of rotatable bonds is 6. The number of carbonyl (C=O) groups excluding carboxylic acids is 3. The van der Waals surface area contributed by atoms with Gasteiger partial charge in [0, 0.05) is 11.6 Å². The second-order valence-corrected chi connectivity index (χ2v) is 11.2. The molecule has 1 aliphatic rings. The van der Waals surface area contributed by atoms with E-state index in [0.29, 0.717) is 33.6 Å². The highest BCUT2D eigenvalue weighted by atomic mass is 35.5. The minimum atomic E-state index is -3.95. The summed E-state index contributed by atoms with van der Waals surface area (Å²) in [5.74, 6) is -1.75. The van der Waals surface area contributed by atoms with Crippen LogP contribution in [0, 0.1) is 0 Å². The van der Waals surface area contributed by atoms with Crippen molar-refractivity contribution in [2.45, 2.75) is 30.3 Å². The van der Waals surface area contributed by atoms with Crippen molar-refractivity contribution in [1.29, 1.82) is 0 Å². The molecular weight excluding hydrogens is 530 g/mol. The summed E-state index contributed by atoms with van der Waals surface area (Å²) in [7, 11) is -1.44. The van der Waals surface area contributed by atoms with E-state index in [1.807, 2.05) is 0 Å². The summed E-state index contributed by atoms with van der Waals surface area (Å²) >= 11 is 6.97. The number of benzene rings is 2. The topological polar surface area (TPSA) is 124 Å². The molecule has 1 fully saturated rings. The summed E-state index contributed by atoms with van der Waals surface area (Å²) in [4.78, 5) is 41.7. The molecule has 1 aliphatic heterocycles. The predicted molar refractivity (Wildman–Crippen MR) is 132 cm³/mol. The van der Waals surface area contributed by atoms with Crippen molar-refractivity contribution < 1.29 is 32.3 Å². The van der Waals surface area contributed by atoms with E-state index in [1.165, 1.54) is 49.1 Å². The molecule has 0 spiro atoms. The molecule has 0 N–H and O–H groups in total. The van der Waals surface area contributed by atoms with Crippen molar-refractivity contribution in [1.82, 2.24) is 8.87 Å². The van der Waals surface area contributed by atoms with E-state index in [0.717, 1.165) is 15.6 Å². The number of thiazole rings is 1. The minimum absolute atomic E-state index is 0.0320. The fraction of sp³-hybridized carbons (Fsp3) is 0.304. The predicted octanol–water partition coefficient (Wildman–Crippen LogP) is 2.60. The number of esters is 2. The Hall–Kier alpha value is -3.06. The molecule has 0 bridgehead atoms. The number of hydrogen-bond acceptors (Lipinski definition) is 8. The summed E-state index contributed by atoms with van der Waals surface area (Å²) in [5.41, 5.74) is 0.854. The zero-order chi connectivity index (χ0) is 26.0. The molecule has 3 aromatic rings. The number of carbonyl (C=O) groups is 3. The second kappa shape index (κ2) is 10.5.